The number of nitriles is 1. The first-order valence-electron chi connectivity index (χ1n) is 10.6. The molecule has 0 spiro atoms. The highest BCUT2D eigenvalue weighted by molar-refractivity contribution is 6.36. The van der Waals surface area contributed by atoms with Crippen molar-refractivity contribution in [3.63, 3.8) is 0 Å². The van der Waals surface area contributed by atoms with Gasteiger partial charge in [-0.2, -0.15) is 5.26 Å². The second-order valence-corrected chi connectivity index (χ2v) is 8.65. The fourth-order valence-electron chi connectivity index (χ4n) is 3.90. The topological polar surface area (TPSA) is 115 Å². The minimum atomic E-state index is -0.340. The number of aromatic amines is 1. The SMILES string of the molecule is Cc1ncccc1[C@H](Nc1cc(Cl)c2ncc(C#N)c(Nc3cccc(Cl)c3)c2c1)c1c[nH]nn1. The van der Waals surface area contributed by atoms with Crippen LogP contribution in [0.2, 0.25) is 10.0 Å². The van der Waals surface area contributed by atoms with E-state index in [4.69, 9.17) is 23.2 Å². The zero-order valence-corrected chi connectivity index (χ0v) is 19.9. The number of nitrogens with one attached hydrogen (secondary N) is 3. The highest BCUT2D eigenvalue weighted by atomic mass is 35.5. The summed E-state index contributed by atoms with van der Waals surface area (Å²) in [5.74, 6) is 0. The van der Waals surface area contributed by atoms with E-state index in [0.29, 0.717) is 43.6 Å². The van der Waals surface area contributed by atoms with E-state index in [2.05, 4.69) is 42.1 Å². The van der Waals surface area contributed by atoms with Gasteiger partial charge in [-0.25, -0.2) is 0 Å². The first kappa shape index (κ1) is 22.6. The molecule has 0 aliphatic rings. The fourth-order valence-corrected chi connectivity index (χ4v) is 4.36. The van der Waals surface area contributed by atoms with Gasteiger partial charge in [-0.05, 0) is 43.3 Å². The van der Waals surface area contributed by atoms with E-state index in [1.54, 1.807) is 30.6 Å². The molecule has 0 fully saturated rings. The van der Waals surface area contributed by atoms with Crippen LogP contribution in [0.1, 0.15) is 28.6 Å². The van der Waals surface area contributed by atoms with Crippen LogP contribution in [0.15, 0.2) is 67.1 Å². The predicted molar refractivity (Wildman–Crippen MR) is 137 cm³/mol. The van der Waals surface area contributed by atoms with Gasteiger partial charge in [0.15, 0.2) is 0 Å². The van der Waals surface area contributed by atoms with Gasteiger partial charge in [0.2, 0.25) is 0 Å². The molecule has 0 saturated carbocycles. The summed E-state index contributed by atoms with van der Waals surface area (Å²) in [6, 6.07) is 16.7. The summed E-state index contributed by atoms with van der Waals surface area (Å²) in [5.41, 5.74) is 5.47. The third-order valence-corrected chi connectivity index (χ3v) is 6.06. The van der Waals surface area contributed by atoms with Gasteiger partial charge in [-0.3, -0.25) is 15.1 Å². The molecular weight excluding hydrogens is 483 g/mol. The van der Waals surface area contributed by atoms with E-state index in [-0.39, 0.29) is 6.04 Å². The number of nitrogens with zero attached hydrogens (tertiary/aromatic N) is 5. The van der Waals surface area contributed by atoms with Crippen molar-refractivity contribution in [1.29, 1.82) is 5.26 Å². The van der Waals surface area contributed by atoms with Crippen molar-refractivity contribution in [1.82, 2.24) is 25.4 Å². The quantitative estimate of drug-likeness (QED) is 0.255. The van der Waals surface area contributed by atoms with Gasteiger partial charge in [0.1, 0.15) is 11.8 Å². The highest BCUT2D eigenvalue weighted by Crippen LogP contribution is 2.37. The Morgan fingerprint density at radius 3 is 2.69 bits per heavy atom. The fraction of sp³-hybridized carbons (Fsp3) is 0.0800. The van der Waals surface area contributed by atoms with Crippen molar-refractivity contribution in [3.05, 3.63) is 99.7 Å². The van der Waals surface area contributed by atoms with Crippen LogP contribution in [0.4, 0.5) is 17.1 Å². The van der Waals surface area contributed by atoms with Crippen molar-refractivity contribution in [2.45, 2.75) is 13.0 Å². The van der Waals surface area contributed by atoms with E-state index < -0.39 is 0 Å². The summed E-state index contributed by atoms with van der Waals surface area (Å²) in [6.45, 7) is 1.94. The number of benzene rings is 2. The number of H-pyrrole nitrogens is 1. The molecule has 35 heavy (non-hydrogen) atoms. The molecule has 2 aromatic carbocycles. The number of halogens is 2. The molecule has 1 atom stereocenters. The van der Waals surface area contributed by atoms with Crippen LogP contribution in [-0.2, 0) is 0 Å². The van der Waals surface area contributed by atoms with Gasteiger partial charge in [-0.15, -0.1) is 5.10 Å². The molecule has 0 unspecified atom stereocenters. The number of rotatable bonds is 6. The molecule has 0 amide bonds. The first-order chi connectivity index (χ1) is 17.0. The summed E-state index contributed by atoms with van der Waals surface area (Å²) in [6.07, 6.45) is 4.98. The lowest BCUT2D eigenvalue weighted by molar-refractivity contribution is 0.838. The zero-order chi connectivity index (χ0) is 24.4. The number of aryl methyl sites for hydroxylation is 1. The lowest BCUT2D eigenvalue weighted by Crippen LogP contribution is -2.15. The second kappa shape index (κ2) is 9.58. The number of pyridine rings is 2. The molecule has 172 valence electrons. The maximum Gasteiger partial charge on any atom is 0.109 e. The Bertz CT molecular complexity index is 1560. The molecule has 0 aliphatic carbocycles. The predicted octanol–water partition coefficient (Wildman–Crippen LogP) is 6.18. The van der Waals surface area contributed by atoms with Gasteiger partial charge < -0.3 is 10.6 Å². The van der Waals surface area contributed by atoms with Crippen LogP contribution < -0.4 is 10.6 Å². The maximum atomic E-state index is 9.77. The second-order valence-electron chi connectivity index (χ2n) is 7.80. The monoisotopic (exact) mass is 500 g/mol. The average Bonchev–Trinajstić information content (AvgIpc) is 3.38. The minimum absolute atomic E-state index is 0.340. The number of aromatic nitrogens is 5. The summed E-state index contributed by atoms with van der Waals surface area (Å²) >= 11 is 12.8. The Morgan fingerprint density at radius 2 is 1.94 bits per heavy atom. The maximum absolute atomic E-state index is 9.77. The molecule has 3 N–H and O–H groups in total. The first-order valence-corrected chi connectivity index (χ1v) is 11.4. The van der Waals surface area contributed by atoms with Gasteiger partial charge >= 0.3 is 0 Å². The third kappa shape index (κ3) is 4.60. The van der Waals surface area contributed by atoms with Gasteiger partial charge in [-0.1, -0.05) is 40.5 Å². The molecule has 0 radical (unpaired) electrons. The molecular formula is C25H18Cl2N8. The summed E-state index contributed by atoms with van der Waals surface area (Å²) in [4.78, 5) is 8.85. The molecule has 3 aromatic heterocycles. The van der Waals surface area contributed by atoms with E-state index in [1.165, 1.54) is 6.20 Å². The van der Waals surface area contributed by atoms with Crippen molar-refractivity contribution >= 4 is 51.2 Å². The van der Waals surface area contributed by atoms with E-state index in [0.717, 1.165) is 16.9 Å². The molecule has 5 aromatic rings. The van der Waals surface area contributed by atoms with Crippen molar-refractivity contribution in [2.75, 3.05) is 10.6 Å². The normalized spacial score (nSPS) is 11.7. The summed E-state index contributed by atoms with van der Waals surface area (Å²) in [5, 5.41) is 29.1. The Morgan fingerprint density at radius 1 is 1.06 bits per heavy atom. The lowest BCUT2D eigenvalue weighted by Gasteiger charge is -2.21. The number of anilines is 3. The van der Waals surface area contributed by atoms with Crippen LogP contribution >= 0.6 is 23.2 Å². The van der Waals surface area contributed by atoms with Crippen molar-refractivity contribution in [3.8, 4) is 6.07 Å². The Labute approximate surface area is 211 Å². The van der Waals surface area contributed by atoms with Crippen LogP contribution in [0, 0.1) is 18.3 Å². The largest absolute Gasteiger partial charge is 0.373 e. The molecule has 5 rings (SSSR count). The van der Waals surface area contributed by atoms with E-state index in [9.17, 15) is 5.26 Å². The molecule has 3 heterocycles. The Kier molecular flexibility index (Phi) is 6.19. The smallest absolute Gasteiger partial charge is 0.109 e. The summed E-state index contributed by atoms with van der Waals surface area (Å²) in [7, 11) is 0. The van der Waals surface area contributed by atoms with Crippen LogP contribution in [0.5, 0.6) is 0 Å². The van der Waals surface area contributed by atoms with E-state index in [1.807, 2.05) is 37.3 Å². The van der Waals surface area contributed by atoms with Gasteiger partial charge in [0.05, 0.1) is 27.8 Å². The summed E-state index contributed by atoms with van der Waals surface area (Å²) < 4.78 is 0. The number of fused-ring (bicyclic) bond motifs is 1. The van der Waals surface area contributed by atoms with Crippen LogP contribution in [0.3, 0.4) is 0 Å². The van der Waals surface area contributed by atoms with Crippen LogP contribution in [0.25, 0.3) is 10.9 Å². The van der Waals surface area contributed by atoms with Crippen molar-refractivity contribution in [2.24, 2.45) is 0 Å². The van der Waals surface area contributed by atoms with Gasteiger partial charge in [0.25, 0.3) is 0 Å². The van der Waals surface area contributed by atoms with Crippen LogP contribution in [-0.4, -0.2) is 25.4 Å². The van der Waals surface area contributed by atoms with E-state index >= 15 is 0 Å². The molecule has 0 aliphatic heterocycles. The lowest BCUT2D eigenvalue weighted by atomic mass is 10.0. The zero-order valence-electron chi connectivity index (χ0n) is 18.4. The highest BCUT2D eigenvalue weighted by Gasteiger charge is 2.21. The molecule has 0 bridgehead atoms. The number of hydrogen-bond donors (Lipinski definition) is 3. The standard InChI is InChI=1S/C25H18Cl2N8/c1-14-19(6-3-7-29-14)25(22-13-31-35-34-22)33-18-9-20-23(32-17-5-2-4-16(26)8-17)15(11-28)12-30-24(20)21(27)10-18/h2-10,12-13,25,33H,1H3,(H,30,32)(H,31,34,35)/t25-/m0/s1. The average molecular weight is 501 g/mol. The Balaban J connectivity index is 1.63. The number of hydrogen-bond acceptors (Lipinski definition) is 7. The Hall–Kier alpha value is -4.19. The minimum Gasteiger partial charge on any atom is -0.373 e. The van der Waals surface area contributed by atoms with Gasteiger partial charge in [0, 0.05) is 51.6 Å². The molecule has 8 nitrogen and oxygen atoms in total. The molecule has 0 saturated heterocycles. The third-order valence-electron chi connectivity index (χ3n) is 5.54. The van der Waals surface area contributed by atoms with Crippen molar-refractivity contribution < 1.29 is 0 Å². The molecule has 10 heteroatoms.